The van der Waals surface area contributed by atoms with E-state index in [-0.39, 0.29) is 0 Å². The van der Waals surface area contributed by atoms with Crippen LogP contribution in [0.4, 0.5) is 0 Å². The van der Waals surface area contributed by atoms with Gasteiger partial charge in [-0.3, -0.25) is 0 Å². The molecule has 0 spiro atoms. The summed E-state index contributed by atoms with van der Waals surface area (Å²) in [5, 5.41) is 1.19. The van der Waals surface area contributed by atoms with Gasteiger partial charge in [-0.05, 0) is 24.5 Å². The number of rotatable bonds is 2. The summed E-state index contributed by atoms with van der Waals surface area (Å²) in [4.78, 5) is 0. The first-order valence-corrected chi connectivity index (χ1v) is 7.06. The Labute approximate surface area is 119 Å². The minimum absolute atomic E-state index is 0.514. The third kappa shape index (κ3) is 2.01. The van der Waals surface area contributed by atoms with Gasteiger partial charge in [0.2, 0.25) is 11.5 Å². The van der Waals surface area contributed by atoms with Gasteiger partial charge in [-0.25, -0.2) is 0 Å². The summed E-state index contributed by atoms with van der Waals surface area (Å²) >= 11 is 0. The summed E-state index contributed by atoms with van der Waals surface area (Å²) in [6, 6.07) is 12.6. The topological polar surface area (TPSA) is 17.0 Å². The molecule has 0 unspecified atom stereocenters. The third-order valence-corrected chi connectivity index (χ3v) is 3.92. The van der Waals surface area contributed by atoms with Crippen LogP contribution in [0.25, 0.3) is 22.4 Å². The molecule has 0 radical (unpaired) electrons. The predicted molar refractivity (Wildman–Crippen MR) is 81.7 cm³/mol. The van der Waals surface area contributed by atoms with Crippen LogP contribution in [-0.4, -0.2) is 0 Å². The van der Waals surface area contributed by atoms with E-state index >= 15 is 0 Å². The maximum Gasteiger partial charge on any atom is 0.248 e. The quantitative estimate of drug-likeness (QED) is 0.630. The Hall–Kier alpha value is -2.09. The maximum atomic E-state index is 6.08. The lowest BCUT2D eigenvalue weighted by Crippen LogP contribution is -2.30. The molecule has 0 saturated heterocycles. The van der Waals surface area contributed by atoms with Crippen LogP contribution >= 0.6 is 0 Å². The minimum Gasteiger partial charge on any atom is -0.449 e. The molecule has 1 aromatic carbocycles. The first-order valence-electron chi connectivity index (χ1n) is 7.06. The average molecular weight is 266 g/mol. The van der Waals surface area contributed by atoms with E-state index in [0.29, 0.717) is 5.92 Å². The van der Waals surface area contributed by atoms with Gasteiger partial charge in [0.1, 0.15) is 12.6 Å². The highest BCUT2D eigenvalue weighted by Gasteiger charge is 2.20. The van der Waals surface area contributed by atoms with Crippen molar-refractivity contribution in [3.05, 3.63) is 53.7 Å². The van der Waals surface area contributed by atoms with Crippen molar-refractivity contribution in [2.75, 3.05) is 0 Å². The Balaban J connectivity index is 2.25. The van der Waals surface area contributed by atoms with E-state index < -0.39 is 0 Å². The number of aromatic nitrogens is 1. The molecule has 0 fully saturated rings. The number of fused-ring (bicyclic) bond motifs is 1. The van der Waals surface area contributed by atoms with Crippen molar-refractivity contribution < 1.29 is 8.98 Å². The van der Waals surface area contributed by atoms with Gasteiger partial charge in [-0.15, -0.1) is 0 Å². The van der Waals surface area contributed by atoms with Crippen molar-refractivity contribution in [1.29, 1.82) is 0 Å². The predicted octanol–water partition coefficient (Wildman–Crippen LogP) is 4.36. The number of benzene rings is 1. The molecule has 0 saturated carbocycles. The molecule has 3 aromatic rings. The minimum atomic E-state index is 0.514. The zero-order valence-electron chi connectivity index (χ0n) is 12.5. The number of aryl methyl sites for hydroxylation is 2. The van der Waals surface area contributed by atoms with Crippen LogP contribution in [0.2, 0.25) is 0 Å². The second-order valence-electron chi connectivity index (χ2n) is 5.66. The monoisotopic (exact) mass is 266 g/mol. The van der Waals surface area contributed by atoms with Crippen LogP contribution in [-0.2, 0) is 7.05 Å². The highest BCUT2D eigenvalue weighted by molar-refractivity contribution is 5.86. The van der Waals surface area contributed by atoms with Crippen LogP contribution in [0.1, 0.15) is 30.9 Å². The molecule has 0 aliphatic carbocycles. The van der Waals surface area contributed by atoms with E-state index in [1.807, 2.05) is 12.1 Å². The van der Waals surface area contributed by atoms with E-state index in [1.165, 1.54) is 16.5 Å². The number of furan rings is 1. The Morgan fingerprint density at radius 2 is 1.85 bits per heavy atom. The summed E-state index contributed by atoms with van der Waals surface area (Å²) in [6.45, 7) is 6.55. The fourth-order valence-corrected chi connectivity index (χ4v) is 2.59. The Morgan fingerprint density at radius 3 is 2.55 bits per heavy atom. The van der Waals surface area contributed by atoms with Crippen LogP contribution < -0.4 is 4.57 Å². The van der Waals surface area contributed by atoms with Crippen molar-refractivity contribution in [1.82, 2.24) is 0 Å². The van der Waals surface area contributed by atoms with Crippen LogP contribution in [0, 0.1) is 6.92 Å². The molecular weight excluding hydrogens is 246 g/mol. The molecular formula is C18H20NO+. The Bertz CT molecular complexity index is 768. The maximum absolute atomic E-state index is 6.08. The van der Waals surface area contributed by atoms with Crippen LogP contribution in [0.15, 0.2) is 47.0 Å². The number of hydrogen-bond acceptors (Lipinski definition) is 1. The Kier molecular flexibility index (Phi) is 3.09. The highest BCUT2D eigenvalue weighted by atomic mass is 16.3. The zero-order chi connectivity index (χ0) is 14.3. The summed E-state index contributed by atoms with van der Waals surface area (Å²) in [5.41, 5.74) is 4.62. The number of pyridine rings is 1. The summed E-state index contributed by atoms with van der Waals surface area (Å²) in [6.07, 6.45) is 2.11. The van der Waals surface area contributed by atoms with Crippen molar-refractivity contribution >= 4 is 11.0 Å². The summed E-state index contributed by atoms with van der Waals surface area (Å²) in [5.74, 6) is 1.48. The van der Waals surface area contributed by atoms with Gasteiger partial charge < -0.3 is 4.42 Å². The molecule has 3 rings (SSSR count). The smallest absolute Gasteiger partial charge is 0.248 e. The fourth-order valence-electron chi connectivity index (χ4n) is 2.59. The van der Waals surface area contributed by atoms with Crippen molar-refractivity contribution in [3.8, 4) is 11.5 Å². The van der Waals surface area contributed by atoms with E-state index in [9.17, 15) is 0 Å². The average Bonchev–Trinajstić information content (AvgIpc) is 2.77. The molecule has 0 aliphatic heterocycles. The molecule has 0 bridgehead atoms. The van der Waals surface area contributed by atoms with Gasteiger partial charge in [0, 0.05) is 23.1 Å². The highest BCUT2D eigenvalue weighted by Crippen LogP contribution is 2.32. The molecule has 0 amide bonds. The molecule has 0 atom stereocenters. The van der Waals surface area contributed by atoms with E-state index in [4.69, 9.17) is 4.42 Å². The van der Waals surface area contributed by atoms with Crippen molar-refractivity contribution in [2.24, 2.45) is 7.05 Å². The summed E-state index contributed by atoms with van der Waals surface area (Å²) < 4.78 is 8.20. The SMILES string of the molecule is Cc1c(-c2cc(C(C)C)cc[n+]2C)oc2ccccc12. The van der Waals surface area contributed by atoms with Gasteiger partial charge in [0.25, 0.3) is 0 Å². The molecule has 2 aromatic heterocycles. The third-order valence-electron chi connectivity index (χ3n) is 3.92. The van der Waals surface area contributed by atoms with E-state index in [0.717, 1.165) is 17.0 Å². The molecule has 20 heavy (non-hydrogen) atoms. The second kappa shape index (κ2) is 4.78. The van der Waals surface area contributed by atoms with Crippen molar-refractivity contribution in [2.45, 2.75) is 26.7 Å². The summed E-state index contributed by atoms with van der Waals surface area (Å²) in [7, 11) is 2.06. The van der Waals surface area contributed by atoms with Gasteiger partial charge in [0.05, 0.1) is 0 Å². The van der Waals surface area contributed by atoms with Crippen LogP contribution in [0.3, 0.4) is 0 Å². The molecule has 2 nitrogen and oxygen atoms in total. The lowest BCUT2D eigenvalue weighted by atomic mass is 10.0. The van der Waals surface area contributed by atoms with Crippen molar-refractivity contribution in [3.63, 3.8) is 0 Å². The Morgan fingerprint density at radius 1 is 1.10 bits per heavy atom. The molecule has 2 heteroatoms. The van der Waals surface area contributed by atoms with Gasteiger partial charge in [-0.2, -0.15) is 4.57 Å². The molecule has 102 valence electrons. The van der Waals surface area contributed by atoms with Gasteiger partial charge in [0.15, 0.2) is 6.20 Å². The normalized spacial score (nSPS) is 11.4. The van der Waals surface area contributed by atoms with Crippen LogP contribution in [0.5, 0.6) is 0 Å². The standard InChI is InChI=1S/C18H20NO/c1-12(2)14-9-10-19(4)16(11-14)18-13(3)15-7-5-6-8-17(15)20-18/h5-12H,1-4H3/q+1. The number of para-hydroxylation sites is 1. The molecule has 0 N–H and O–H groups in total. The fraction of sp³-hybridized carbons (Fsp3) is 0.278. The number of hydrogen-bond donors (Lipinski definition) is 0. The van der Waals surface area contributed by atoms with Gasteiger partial charge in [-0.1, -0.05) is 32.0 Å². The zero-order valence-corrected chi connectivity index (χ0v) is 12.5. The largest absolute Gasteiger partial charge is 0.449 e. The lowest BCUT2D eigenvalue weighted by molar-refractivity contribution is -0.661. The number of nitrogens with zero attached hydrogens (tertiary/aromatic N) is 1. The van der Waals surface area contributed by atoms with E-state index in [1.54, 1.807) is 0 Å². The first-order chi connectivity index (χ1) is 9.58. The lowest BCUT2D eigenvalue weighted by Gasteiger charge is -2.05. The molecule has 2 heterocycles. The first kappa shape index (κ1) is 12.9. The van der Waals surface area contributed by atoms with E-state index in [2.05, 4.69) is 62.8 Å². The van der Waals surface area contributed by atoms with Gasteiger partial charge >= 0.3 is 0 Å². The second-order valence-corrected chi connectivity index (χ2v) is 5.66. The molecule has 0 aliphatic rings.